The van der Waals surface area contributed by atoms with Gasteiger partial charge in [0.1, 0.15) is 11.9 Å². The van der Waals surface area contributed by atoms with Crippen LogP contribution in [0, 0.1) is 0 Å². The van der Waals surface area contributed by atoms with Crippen LogP contribution in [0.3, 0.4) is 0 Å². The van der Waals surface area contributed by atoms with Gasteiger partial charge in [0, 0.05) is 0 Å². The number of hydrogen-bond donors (Lipinski definition) is 1. The van der Waals surface area contributed by atoms with Crippen LogP contribution in [0.2, 0.25) is 0 Å². The van der Waals surface area contributed by atoms with E-state index in [1.807, 2.05) is 0 Å². The minimum absolute atomic E-state index is 0.0667. The zero-order chi connectivity index (χ0) is 16.5. The maximum Gasteiger partial charge on any atom is 0.347 e. The highest BCUT2D eigenvalue weighted by Gasteiger charge is 2.20. The monoisotopic (exact) mass is 308 g/mol. The Morgan fingerprint density at radius 2 is 1.64 bits per heavy atom. The number of carboxylic acid groups (broad SMARTS) is 1. The van der Waals surface area contributed by atoms with Gasteiger partial charge in [0.05, 0.1) is 5.56 Å². The predicted octanol–water partition coefficient (Wildman–Crippen LogP) is 3.66. The molecule has 22 heavy (non-hydrogen) atoms. The molecule has 122 valence electrons. The van der Waals surface area contributed by atoms with Crippen LogP contribution in [-0.2, 0) is 9.53 Å². The molecule has 0 aromatic heterocycles. The van der Waals surface area contributed by atoms with Crippen LogP contribution >= 0.6 is 0 Å². The number of esters is 1. The largest absolute Gasteiger partial charge is 0.479 e. The third kappa shape index (κ3) is 5.76. The Hall–Kier alpha value is -2.04. The molecule has 0 saturated heterocycles. The summed E-state index contributed by atoms with van der Waals surface area (Å²) < 4.78 is 11.0. The van der Waals surface area contributed by atoms with E-state index in [-0.39, 0.29) is 11.7 Å². The van der Waals surface area contributed by atoms with E-state index in [9.17, 15) is 9.59 Å². The van der Waals surface area contributed by atoms with Crippen molar-refractivity contribution in [3.05, 3.63) is 29.8 Å². The molecule has 0 saturated carbocycles. The predicted molar refractivity (Wildman–Crippen MR) is 83.2 cm³/mol. The number of ether oxygens (including phenoxy) is 2. The summed E-state index contributed by atoms with van der Waals surface area (Å²) in [6, 6.07) is 5.94. The van der Waals surface area contributed by atoms with Gasteiger partial charge in [-0.1, -0.05) is 26.7 Å². The van der Waals surface area contributed by atoms with E-state index in [1.165, 1.54) is 24.3 Å². The van der Waals surface area contributed by atoms with Crippen LogP contribution in [-0.4, -0.2) is 29.3 Å². The lowest BCUT2D eigenvalue weighted by Gasteiger charge is -2.20. The number of carboxylic acids is 1. The molecule has 0 aliphatic carbocycles. The molecular formula is C17H24O5. The third-order valence-corrected chi connectivity index (χ3v) is 3.25. The molecule has 1 aromatic carbocycles. The van der Waals surface area contributed by atoms with Crippen molar-refractivity contribution < 1.29 is 24.2 Å². The smallest absolute Gasteiger partial charge is 0.347 e. The highest BCUT2D eigenvalue weighted by Crippen LogP contribution is 2.16. The van der Waals surface area contributed by atoms with Crippen molar-refractivity contribution in [3.8, 4) is 5.75 Å². The van der Waals surface area contributed by atoms with Crippen molar-refractivity contribution in [3.63, 3.8) is 0 Å². The van der Waals surface area contributed by atoms with E-state index in [0.29, 0.717) is 5.75 Å². The topological polar surface area (TPSA) is 72.8 Å². The van der Waals surface area contributed by atoms with Gasteiger partial charge in [0.25, 0.3) is 0 Å². The van der Waals surface area contributed by atoms with Gasteiger partial charge < -0.3 is 14.6 Å². The number of carbonyl (C=O) groups is 2. The fraction of sp³-hybridized carbons (Fsp3) is 0.529. The van der Waals surface area contributed by atoms with Crippen molar-refractivity contribution in [2.45, 2.75) is 58.7 Å². The summed E-state index contributed by atoms with van der Waals surface area (Å²) in [5, 5.41) is 8.83. The molecule has 5 nitrogen and oxygen atoms in total. The molecule has 0 bridgehead atoms. The summed E-state index contributed by atoms with van der Waals surface area (Å²) in [6.07, 6.45) is 2.82. The molecule has 0 heterocycles. The van der Waals surface area contributed by atoms with Gasteiger partial charge in [-0.2, -0.15) is 0 Å². The van der Waals surface area contributed by atoms with Crippen molar-refractivity contribution in [2.75, 3.05) is 0 Å². The zero-order valence-corrected chi connectivity index (χ0v) is 13.4. The third-order valence-electron chi connectivity index (χ3n) is 3.25. The maximum atomic E-state index is 12.0. The van der Waals surface area contributed by atoms with Gasteiger partial charge >= 0.3 is 11.9 Å². The van der Waals surface area contributed by atoms with Gasteiger partial charge in [-0.15, -0.1) is 0 Å². The Kier molecular flexibility index (Phi) is 7.43. The molecular weight excluding hydrogens is 284 g/mol. The van der Waals surface area contributed by atoms with Gasteiger partial charge in [0.15, 0.2) is 6.10 Å². The van der Waals surface area contributed by atoms with Gasteiger partial charge in [-0.25, -0.2) is 9.59 Å². The summed E-state index contributed by atoms with van der Waals surface area (Å²) in [6.45, 7) is 5.74. The molecule has 1 rings (SSSR count). The van der Waals surface area contributed by atoms with Crippen LogP contribution in [0.1, 0.15) is 56.8 Å². The van der Waals surface area contributed by atoms with Gasteiger partial charge in [0.2, 0.25) is 0 Å². The minimum Gasteiger partial charge on any atom is -0.479 e. The number of benzene rings is 1. The summed E-state index contributed by atoms with van der Waals surface area (Å²) in [5.74, 6) is -0.952. The quantitative estimate of drug-likeness (QED) is 0.705. The van der Waals surface area contributed by atoms with Crippen LogP contribution in [0.4, 0.5) is 0 Å². The van der Waals surface area contributed by atoms with Crippen molar-refractivity contribution in [1.82, 2.24) is 0 Å². The van der Waals surface area contributed by atoms with E-state index in [1.54, 1.807) is 6.92 Å². The number of carbonyl (C=O) groups excluding carboxylic acids is 1. The molecule has 0 amide bonds. The SMILES string of the molecule is CCCC(CCC)OC(=O)C(C)Oc1ccc(C(=O)O)cc1. The maximum absolute atomic E-state index is 12.0. The van der Waals surface area contributed by atoms with Crippen LogP contribution < -0.4 is 4.74 Å². The molecule has 0 fully saturated rings. The van der Waals surface area contributed by atoms with E-state index in [0.717, 1.165) is 25.7 Å². The first-order valence-electron chi connectivity index (χ1n) is 7.68. The average Bonchev–Trinajstić information content (AvgIpc) is 2.48. The molecule has 1 N–H and O–H groups in total. The second-order valence-electron chi connectivity index (χ2n) is 5.23. The lowest BCUT2D eigenvalue weighted by atomic mass is 10.1. The van der Waals surface area contributed by atoms with Crippen molar-refractivity contribution in [2.24, 2.45) is 0 Å². The highest BCUT2D eigenvalue weighted by atomic mass is 16.6. The Labute approximate surface area is 131 Å². The van der Waals surface area contributed by atoms with Crippen LogP contribution in [0.15, 0.2) is 24.3 Å². The highest BCUT2D eigenvalue weighted by molar-refractivity contribution is 5.87. The van der Waals surface area contributed by atoms with E-state index < -0.39 is 18.0 Å². The summed E-state index contributed by atoms with van der Waals surface area (Å²) in [5.41, 5.74) is 0.175. The summed E-state index contributed by atoms with van der Waals surface area (Å²) >= 11 is 0. The Balaban J connectivity index is 2.57. The number of rotatable bonds is 9. The first-order valence-corrected chi connectivity index (χ1v) is 7.68. The first kappa shape index (κ1) is 18.0. The Morgan fingerprint density at radius 3 is 2.09 bits per heavy atom. The second kappa shape index (κ2) is 9.07. The molecule has 5 heteroatoms. The zero-order valence-electron chi connectivity index (χ0n) is 13.4. The Morgan fingerprint density at radius 1 is 1.09 bits per heavy atom. The molecule has 1 atom stereocenters. The summed E-state index contributed by atoms with van der Waals surface area (Å²) in [7, 11) is 0. The average molecular weight is 308 g/mol. The molecule has 1 aromatic rings. The molecule has 1 unspecified atom stereocenters. The number of hydrogen-bond acceptors (Lipinski definition) is 4. The van der Waals surface area contributed by atoms with Gasteiger partial charge in [-0.05, 0) is 44.0 Å². The standard InChI is InChI=1S/C17H24O5/c1-4-6-14(7-5-2)22-17(20)12(3)21-15-10-8-13(9-11-15)16(18)19/h8-12,14H,4-7H2,1-3H3,(H,18,19). The molecule has 0 spiro atoms. The summed E-state index contributed by atoms with van der Waals surface area (Å²) in [4.78, 5) is 22.8. The number of aromatic carboxylic acids is 1. The van der Waals surface area contributed by atoms with E-state index in [4.69, 9.17) is 14.6 Å². The molecule has 0 aliphatic rings. The van der Waals surface area contributed by atoms with Crippen molar-refractivity contribution in [1.29, 1.82) is 0 Å². The van der Waals surface area contributed by atoms with E-state index in [2.05, 4.69) is 13.8 Å². The minimum atomic E-state index is -0.999. The van der Waals surface area contributed by atoms with Crippen molar-refractivity contribution >= 4 is 11.9 Å². The fourth-order valence-corrected chi connectivity index (χ4v) is 2.09. The lowest BCUT2D eigenvalue weighted by Crippen LogP contribution is -2.30. The normalized spacial score (nSPS) is 12.0. The Bertz CT molecular complexity index is 474. The lowest BCUT2D eigenvalue weighted by molar-refractivity contribution is -0.157. The van der Waals surface area contributed by atoms with E-state index >= 15 is 0 Å². The van der Waals surface area contributed by atoms with Gasteiger partial charge in [-0.3, -0.25) is 0 Å². The fourth-order valence-electron chi connectivity index (χ4n) is 2.09. The second-order valence-corrected chi connectivity index (χ2v) is 5.23. The van der Waals surface area contributed by atoms with Crippen LogP contribution in [0.25, 0.3) is 0 Å². The molecule has 0 aliphatic heterocycles. The van der Waals surface area contributed by atoms with Crippen LogP contribution in [0.5, 0.6) is 5.75 Å². The molecule has 0 radical (unpaired) electrons. The first-order chi connectivity index (χ1) is 10.5.